The van der Waals surface area contributed by atoms with Gasteiger partial charge in [0.05, 0.1) is 11.4 Å². The topological polar surface area (TPSA) is 11.4 Å². The summed E-state index contributed by atoms with van der Waals surface area (Å²) >= 11 is 1.89. The summed E-state index contributed by atoms with van der Waals surface area (Å²) in [4.78, 5) is 7.55. The highest BCUT2D eigenvalue weighted by Gasteiger charge is 2.45. The molecule has 3 nitrogen and oxygen atoms in total. The first-order valence-corrected chi connectivity index (χ1v) is 18.4. The number of nitrogens with zero attached hydrogens (tertiary/aromatic N) is 3. The molecule has 0 aliphatic carbocycles. The molecule has 0 radical (unpaired) electrons. The van der Waals surface area contributed by atoms with Crippen LogP contribution in [-0.4, -0.2) is 11.3 Å². The Kier molecular flexibility index (Phi) is 5.52. The molecule has 3 aliphatic rings. The summed E-state index contributed by atoms with van der Waals surface area (Å²) in [5, 5.41) is 5.16. The van der Waals surface area contributed by atoms with Gasteiger partial charge < -0.3 is 14.3 Å². The van der Waals surface area contributed by atoms with Crippen molar-refractivity contribution in [2.45, 2.75) is 9.79 Å². The number of hydrogen-bond acceptors (Lipinski definition) is 3. The highest BCUT2D eigenvalue weighted by Crippen LogP contribution is 2.55. The van der Waals surface area contributed by atoms with Gasteiger partial charge in [-0.15, -0.1) is 0 Å². The molecule has 0 amide bonds. The van der Waals surface area contributed by atoms with E-state index < -0.39 is 0 Å². The van der Waals surface area contributed by atoms with Gasteiger partial charge in [0.1, 0.15) is 0 Å². The van der Waals surface area contributed by atoms with Crippen LogP contribution in [0.4, 0.5) is 34.1 Å². The molecule has 4 heterocycles. The Bertz CT molecular complexity index is 2880. The molecule has 236 valence electrons. The second kappa shape index (κ2) is 10.2. The van der Waals surface area contributed by atoms with Crippen molar-refractivity contribution in [3.05, 3.63) is 170 Å². The van der Waals surface area contributed by atoms with Gasteiger partial charge in [0.25, 0.3) is 0 Å². The fourth-order valence-corrected chi connectivity index (χ4v) is 10.1. The van der Waals surface area contributed by atoms with E-state index in [1.807, 2.05) is 11.8 Å². The van der Waals surface area contributed by atoms with Crippen molar-refractivity contribution in [1.29, 1.82) is 0 Å². The summed E-state index contributed by atoms with van der Waals surface area (Å²) in [6, 6.07) is 62.8. The van der Waals surface area contributed by atoms with Crippen LogP contribution < -0.4 is 20.7 Å². The zero-order valence-electron chi connectivity index (χ0n) is 27.5. The van der Waals surface area contributed by atoms with Crippen molar-refractivity contribution >= 4 is 96.2 Å². The molecule has 0 saturated carbocycles. The molecule has 9 aromatic rings. The average molecular weight is 666 g/mol. The maximum absolute atomic E-state index is 2.67. The SMILES string of the molecule is c1ccc(N(c2ccccc2)c2cc3c4c(c2)N2c5ccccc5Sc5cccc(c52)B4n2c4cc5ccccc5cc4c4cccc-3c42)cc1. The Hall–Kier alpha value is -6.17. The molecular weight excluding hydrogens is 637 g/mol. The Morgan fingerprint density at radius 2 is 1.18 bits per heavy atom. The first-order chi connectivity index (χ1) is 25.3. The fourth-order valence-electron chi connectivity index (χ4n) is 9.04. The molecule has 0 saturated heterocycles. The van der Waals surface area contributed by atoms with Gasteiger partial charge in [-0.05, 0) is 94.0 Å². The molecule has 0 spiro atoms. The van der Waals surface area contributed by atoms with Gasteiger partial charge in [0.15, 0.2) is 0 Å². The summed E-state index contributed by atoms with van der Waals surface area (Å²) in [6.45, 7) is 0.0130. The Morgan fingerprint density at radius 1 is 0.490 bits per heavy atom. The van der Waals surface area contributed by atoms with Crippen molar-refractivity contribution in [2.24, 2.45) is 0 Å². The third-order valence-corrected chi connectivity index (χ3v) is 12.2. The van der Waals surface area contributed by atoms with Gasteiger partial charge in [-0.2, -0.15) is 0 Å². The molecule has 0 N–H and O–H groups in total. The monoisotopic (exact) mass is 665 g/mol. The van der Waals surface area contributed by atoms with Gasteiger partial charge in [0, 0.05) is 59.9 Å². The van der Waals surface area contributed by atoms with Crippen LogP contribution in [-0.2, 0) is 0 Å². The number of rotatable bonds is 3. The van der Waals surface area contributed by atoms with E-state index >= 15 is 0 Å². The minimum atomic E-state index is 0.0130. The number of fused-ring (bicyclic) bond motifs is 10. The summed E-state index contributed by atoms with van der Waals surface area (Å²) in [5.41, 5.74) is 15.0. The first-order valence-electron chi connectivity index (χ1n) is 17.6. The van der Waals surface area contributed by atoms with Crippen LogP contribution in [0.1, 0.15) is 0 Å². The molecular formula is C46H28BN3S. The largest absolute Gasteiger partial charge is 0.375 e. The maximum atomic E-state index is 2.67. The summed E-state index contributed by atoms with van der Waals surface area (Å²) in [5.74, 6) is 0. The van der Waals surface area contributed by atoms with Gasteiger partial charge >= 0.3 is 6.85 Å². The molecule has 0 atom stereocenters. The van der Waals surface area contributed by atoms with E-state index in [2.05, 4.69) is 184 Å². The minimum absolute atomic E-state index is 0.0130. The smallest absolute Gasteiger partial charge is 0.333 e. The van der Waals surface area contributed by atoms with Gasteiger partial charge in [-0.1, -0.05) is 115 Å². The van der Waals surface area contributed by atoms with Crippen molar-refractivity contribution < 1.29 is 0 Å². The molecule has 8 aromatic carbocycles. The van der Waals surface area contributed by atoms with E-state index in [1.54, 1.807) is 0 Å². The third kappa shape index (κ3) is 3.71. The second-order valence-corrected chi connectivity index (χ2v) is 14.8. The molecule has 12 rings (SSSR count). The second-order valence-electron chi connectivity index (χ2n) is 13.7. The fraction of sp³-hybridized carbons (Fsp3) is 0. The van der Waals surface area contributed by atoms with E-state index in [0.29, 0.717) is 0 Å². The van der Waals surface area contributed by atoms with E-state index in [9.17, 15) is 0 Å². The van der Waals surface area contributed by atoms with Crippen molar-refractivity contribution in [1.82, 2.24) is 4.48 Å². The van der Waals surface area contributed by atoms with E-state index in [4.69, 9.17) is 0 Å². The lowest BCUT2D eigenvalue weighted by Crippen LogP contribution is -2.57. The standard InChI is InChI=1S/C46H28BN3S/c1-3-15-31(16-4-1)48(32-17-5-2-6-18-32)33-27-37-35-20-11-19-34-36-25-29-13-7-8-14-30(29)26-40(36)50(45(34)35)47-38-21-12-24-43-46(38)49(41(28-33)44(37)47)39-22-9-10-23-42(39)51-43/h1-28H. The summed E-state index contributed by atoms with van der Waals surface area (Å²) in [7, 11) is 0. The summed E-state index contributed by atoms with van der Waals surface area (Å²) in [6.07, 6.45) is 0. The van der Waals surface area contributed by atoms with Gasteiger partial charge in [-0.25, -0.2) is 0 Å². The lowest BCUT2D eigenvalue weighted by atomic mass is 9.45. The predicted octanol–water partition coefficient (Wildman–Crippen LogP) is 11.3. The van der Waals surface area contributed by atoms with Gasteiger partial charge in [-0.3, -0.25) is 0 Å². The lowest BCUT2D eigenvalue weighted by molar-refractivity contribution is 1.16. The van der Waals surface area contributed by atoms with Crippen molar-refractivity contribution in [3.63, 3.8) is 0 Å². The van der Waals surface area contributed by atoms with Crippen LogP contribution in [0.2, 0.25) is 0 Å². The Labute approximate surface area is 300 Å². The van der Waals surface area contributed by atoms with Crippen LogP contribution >= 0.6 is 11.8 Å². The highest BCUT2D eigenvalue weighted by atomic mass is 32.2. The molecule has 5 heteroatoms. The quantitative estimate of drug-likeness (QED) is 0.174. The predicted molar refractivity (Wildman–Crippen MR) is 216 cm³/mol. The normalized spacial score (nSPS) is 13.3. The molecule has 0 fully saturated rings. The molecule has 3 aliphatic heterocycles. The van der Waals surface area contributed by atoms with Crippen LogP contribution in [0.25, 0.3) is 43.7 Å². The van der Waals surface area contributed by atoms with Crippen molar-refractivity contribution in [3.8, 4) is 11.1 Å². The van der Waals surface area contributed by atoms with Crippen LogP contribution in [0, 0.1) is 0 Å². The molecule has 0 bridgehead atoms. The number of anilines is 6. The average Bonchev–Trinajstić information content (AvgIpc) is 3.51. The third-order valence-electron chi connectivity index (χ3n) is 11.1. The van der Waals surface area contributed by atoms with Crippen LogP contribution in [0.15, 0.2) is 180 Å². The number of benzene rings is 8. The van der Waals surface area contributed by atoms with E-state index in [-0.39, 0.29) is 6.85 Å². The number of hydrogen-bond donors (Lipinski definition) is 0. The van der Waals surface area contributed by atoms with E-state index in [1.165, 1.54) is 81.5 Å². The van der Waals surface area contributed by atoms with Crippen molar-refractivity contribution in [2.75, 3.05) is 9.80 Å². The zero-order valence-corrected chi connectivity index (χ0v) is 28.3. The lowest BCUT2D eigenvalue weighted by Gasteiger charge is -2.44. The maximum Gasteiger partial charge on any atom is 0.333 e. The summed E-state index contributed by atoms with van der Waals surface area (Å²) < 4.78 is 2.67. The molecule has 1 aromatic heterocycles. The minimum Gasteiger partial charge on any atom is -0.375 e. The first kappa shape index (κ1) is 27.6. The Balaban J connectivity index is 1.26. The highest BCUT2D eigenvalue weighted by molar-refractivity contribution is 7.99. The Morgan fingerprint density at radius 3 is 1.98 bits per heavy atom. The number of para-hydroxylation sites is 5. The molecule has 0 unspecified atom stereocenters. The number of aromatic nitrogens is 1. The zero-order chi connectivity index (χ0) is 33.2. The molecule has 51 heavy (non-hydrogen) atoms. The van der Waals surface area contributed by atoms with E-state index in [0.717, 1.165) is 17.1 Å². The van der Waals surface area contributed by atoms with Crippen LogP contribution in [0.3, 0.4) is 0 Å². The van der Waals surface area contributed by atoms with Crippen LogP contribution in [0.5, 0.6) is 0 Å². The van der Waals surface area contributed by atoms with Gasteiger partial charge in [0.2, 0.25) is 0 Å².